The van der Waals surface area contributed by atoms with Crippen molar-refractivity contribution in [1.82, 2.24) is 9.88 Å². The molecule has 0 aliphatic carbocycles. The van der Waals surface area contributed by atoms with Gasteiger partial charge in [0.05, 0.1) is 5.69 Å². The highest BCUT2D eigenvalue weighted by Gasteiger charge is 2.12. The third-order valence-electron chi connectivity index (χ3n) is 2.81. The molecule has 0 bridgehead atoms. The van der Waals surface area contributed by atoms with Crippen LogP contribution in [0.3, 0.4) is 0 Å². The van der Waals surface area contributed by atoms with E-state index in [9.17, 15) is 0 Å². The van der Waals surface area contributed by atoms with Crippen molar-refractivity contribution in [3.8, 4) is 0 Å². The Morgan fingerprint density at radius 2 is 2.17 bits per heavy atom. The van der Waals surface area contributed by atoms with Gasteiger partial charge in [-0.15, -0.1) is 11.3 Å². The molecule has 2 rings (SSSR count). The predicted molar refractivity (Wildman–Crippen MR) is 77.9 cm³/mol. The summed E-state index contributed by atoms with van der Waals surface area (Å²) in [4.78, 5) is 8.14. The highest BCUT2D eigenvalue weighted by Crippen LogP contribution is 2.17. The molecule has 18 heavy (non-hydrogen) atoms. The van der Waals surface area contributed by atoms with Crippen LogP contribution in [-0.2, 0) is 13.1 Å². The number of hydrogen-bond donors (Lipinski definition) is 0. The molecule has 2 aromatic heterocycles. The third-order valence-corrected chi connectivity index (χ3v) is 3.91. The molecule has 4 heteroatoms. The summed E-state index contributed by atoms with van der Waals surface area (Å²) in [5.74, 6) is 0. The number of halogens is 1. The lowest BCUT2D eigenvalue weighted by atomic mass is 10.2. The zero-order valence-electron chi connectivity index (χ0n) is 10.6. The second-order valence-corrected chi connectivity index (χ2v) is 6.01. The molecule has 2 heterocycles. The van der Waals surface area contributed by atoms with Crippen LogP contribution in [0.4, 0.5) is 0 Å². The van der Waals surface area contributed by atoms with Gasteiger partial charge in [0.2, 0.25) is 0 Å². The molecule has 0 amide bonds. The van der Waals surface area contributed by atoms with Crippen molar-refractivity contribution in [2.24, 2.45) is 0 Å². The molecular formula is C14H17ClN2S. The molecule has 2 aromatic rings. The first-order valence-electron chi connectivity index (χ1n) is 6.02. The predicted octanol–water partition coefficient (Wildman–Crippen LogP) is 4.21. The van der Waals surface area contributed by atoms with Gasteiger partial charge in [-0.3, -0.25) is 9.88 Å². The lowest BCUT2D eigenvalue weighted by Crippen LogP contribution is -2.29. The standard InChI is InChI=1S/C14H17ClN2S/c1-11(2)17(10-14-4-3-7-18-14)9-13-8-12(15)5-6-16-13/h3-8,11H,9-10H2,1-2H3. The molecule has 0 aliphatic heterocycles. The van der Waals surface area contributed by atoms with Crippen molar-refractivity contribution in [2.75, 3.05) is 0 Å². The minimum absolute atomic E-state index is 0.480. The van der Waals surface area contributed by atoms with E-state index in [1.54, 1.807) is 17.5 Å². The summed E-state index contributed by atoms with van der Waals surface area (Å²) >= 11 is 7.79. The maximum atomic E-state index is 5.99. The average Bonchev–Trinajstić information content (AvgIpc) is 2.81. The summed E-state index contributed by atoms with van der Waals surface area (Å²) in [6.07, 6.45) is 1.77. The minimum Gasteiger partial charge on any atom is -0.290 e. The van der Waals surface area contributed by atoms with E-state index in [-0.39, 0.29) is 0 Å². The van der Waals surface area contributed by atoms with E-state index in [4.69, 9.17) is 11.6 Å². The molecule has 0 fully saturated rings. The topological polar surface area (TPSA) is 16.1 Å². The third kappa shape index (κ3) is 3.80. The van der Waals surface area contributed by atoms with Crippen molar-refractivity contribution in [1.29, 1.82) is 0 Å². The van der Waals surface area contributed by atoms with Crippen molar-refractivity contribution in [3.05, 3.63) is 51.4 Å². The Hall–Kier alpha value is -0.900. The quantitative estimate of drug-likeness (QED) is 0.816. The average molecular weight is 281 g/mol. The SMILES string of the molecule is CC(C)N(Cc1cc(Cl)ccn1)Cc1cccs1. The summed E-state index contributed by atoms with van der Waals surface area (Å²) in [7, 11) is 0. The molecule has 0 atom stereocenters. The van der Waals surface area contributed by atoms with Gasteiger partial charge in [0, 0.05) is 35.2 Å². The summed E-state index contributed by atoms with van der Waals surface area (Å²) in [5.41, 5.74) is 1.02. The number of aromatic nitrogens is 1. The van der Waals surface area contributed by atoms with Crippen LogP contribution in [0.1, 0.15) is 24.4 Å². The highest BCUT2D eigenvalue weighted by atomic mass is 35.5. The Labute approximate surface area is 117 Å². The van der Waals surface area contributed by atoms with Crippen molar-refractivity contribution < 1.29 is 0 Å². The van der Waals surface area contributed by atoms with Crippen molar-refractivity contribution >= 4 is 22.9 Å². The second-order valence-electron chi connectivity index (χ2n) is 4.54. The van der Waals surface area contributed by atoms with Gasteiger partial charge in [0.1, 0.15) is 0 Å². The van der Waals surface area contributed by atoms with Gasteiger partial charge in [-0.25, -0.2) is 0 Å². The van der Waals surface area contributed by atoms with Crippen LogP contribution in [0.5, 0.6) is 0 Å². The van der Waals surface area contributed by atoms with Crippen LogP contribution < -0.4 is 0 Å². The summed E-state index contributed by atoms with van der Waals surface area (Å²) in [5, 5.41) is 2.87. The molecule has 0 spiro atoms. The van der Waals surface area contributed by atoms with Crippen LogP contribution >= 0.6 is 22.9 Å². The van der Waals surface area contributed by atoms with Gasteiger partial charge in [0.25, 0.3) is 0 Å². The summed E-state index contributed by atoms with van der Waals surface area (Å²) in [6.45, 7) is 6.20. The molecule has 0 saturated carbocycles. The van der Waals surface area contributed by atoms with Crippen LogP contribution in [0.25, 0.3) is 0 Å². The monoisotopic (exact) mass is 280 g/mol. The summed E-state index contributed by atoms with van der Waals surface area (Å²) in [6, 6.07) is 8.49. The first kappa shape index (κ1) is 13.5. The highest BCUT2D eigenvalue weighted by molar-refractivity contribution is 7.09. The van der Waals surface area contributed by atoms with Gasteiger partial charge in [-0.1, -0.05) is 17.7 Å². The molecule has 0 N–H and O–H groups in total. The van der Waals surface area contributed by atoms with Gasteiger partial charge in [-0.2, -0.15) is 0 Å². The summed E-state index contributed by atoms with van der Waals surface area (Å²) < 4.78 is 0. The normalized spacial score (nSPS) is 11.4. The first-order chi connectivity index (χ1) is 8.65. The van der Waals surface area contributed by atoms with E-state index in [0.717, 1.165) is 23.8 Å². The number of hydrogen-bond acceptors (Lipinski definition) is 3. The molecule has 0 saturated heterocycles. The largest absolute Gasteiger partial charge is 0.290 e. The minimum atomic E-state index is 0.480. The van der Waals surface area contributed by atoms with Crippen LogP contribution in [-0.4, -0.2) is 15.9 Å². The van der Waals surface area contributed by atoms with E-state index in [1.807, 2.05) is 12.1 Å². The molecule has 0 radical (unpaired) electrons. The molecule has 0 unspecified atom stereocenters. The molecule has 2 nitrogen and oxygen atoms in total. The van der Waals surface area contributed by atoms with Crippen LogP contribution in [0, 0.1) is 0 Å². The van der Waals surface area contributed by atoms with E-state index in [1.165, 1.54) is 4.88 Å². The number of thiophene rings is 1. The Morgan fingerprint density at radius 3 is 2.78 bits per heavy atom. The van der Waals surface area contributed by atoms with Crippen LogP contribution in [0.15, 0.2) is 35.8 Å². The molecule has 0 aromatic carbocycles. The number of rotatable bonds is 5. The maximum absolute atomic E-state index is 5.99. The number of pyridine rings is 1. The zero-order valence-corrected chi connectivity index (χ0v) is 12.2. The van der Waals surface area contributed by atoms with Gasteiger partial charge < -0.3 is 0 Å². The van der Waals surface area contributed by atoms with E-state index in [2.05, 4.69) is 41.2 Å². The van der Waals surface area contributed by atoms with Crippen molar-refractivity contribution in [2.45, 2.75) is 33.0 Å². The lowest BCUT2D eigenvalue weighted by Gasteiger charge is -2.25. The van der Waals surface area contributed by atoms with E-state index >= 15 is 0 Å². The Balaban J connectivity index is 2.07. The van der Waals surface area contributed by atoms with Crippen molar-refractivity contribution in [3.63, 3.8) is 0 Å². The van der Waals surface area contributed by atoms with Gasteiger partial charge in [0.15, 0.2) is 0 Å². The second kappa shape index (κ2) is 6.32. The molecule has 96 valence electrons. The fourth-order valence-corrected chi connectivity index (χ4v) is 2.68. The Bertz CT molecular complexity index is 482. The zero-order chi connectivity index (χ0) is 13.0. The van der Waals surface area contributed by atoms with E-state index < -0.39 is 0 Å². The maximum Gasteiger partial charge on any atom is 0.0558 e. The van der Waals surface area contributed by atoms with Crippen LogP contribution in [0.2, 0.25) is 5.02 Å². The smallest absolute Gasteiger partial charge is 0.0558 e. The number of nitrogens with zero attached hydrogens (tertiary/aromatic N) is 2. The lowest BCUT2D eigenvalue weighted by molar-refractivity contribution is 0.203. The first-order valence-corrected chi connectivity index (χ1v) is 7.28. The van der Waals surface area contributed by atoms with Gasteiger partial charge in [-0.05, 0) is 37.4 Å². The fourth-order valence-electron chi connectivity index (χ4n) is 1.77. The Morgan fingerprint density at radius 1 is 1.33 bits per heavy atom. The Kier molecular flexibility index (Phi) is 4.75. The van der Waals surface area contributed by atoms with Gasteiger partial charge >= 0.3 is 0 Å². The van der Waals surface area contributed by atoms with E-state index in [0.29, 0.717) is 6.04 Å². The fraction of sp³-hybridized carbons (Fsp3) is 0.357. The molecular weight excluding hydrogens is 264 g/mol. The molecule has 0 aliphatic rings.